The highest BCUT2D eigenvalue weighted by Gasteiger charge is 2.31. The van der Waals surface area contributed by atoms with Crippen LogP contribution in [0, 0.1) is 11.8 Å². The second kappa shape index (κ2) is 7.41. The summed E-state index contributed by atoms with van der Waals surface area (Å²) in [6, 6.07) is 19.0. The van der Waals surface area contributed by atoms with Crippen molar-refractivity contribution in [2.45, 2.75) is 12.8 Å². The SMILES string of the molecule is NC(=O)C(Cc1ccccc1)C(Cc1ccccc1)C(N)=O. The molecule has 4 nitrogen and oxygen atoms in total. The molecule has 2 aromatic rings. The molecule has 0 fully saturated rings. The minimum absolute atomic E-state index is 0.413. The van der Waals surface area contributed by atoms with E-state index in [1.165, 1.54) is 0 Å². The van der Waals surface area contributed by atoms with Gasteiger partial charge < -0.3 is 11.5 Å². The fourth-order valence-corrected chi connectivity index (χ4v) is 2.62. The molecule has 4 N–H and O–H groups in total. The number of rotatable bonds is 7. The third-order valence-electron chi connectivity index (χ3n) is 3.81. The quantitative estimate of drug-likeness (QED) is 0.814. The van der Waals surface area contributed by atoms with E-state index in [2.05, 4.69) is 0 Å². The standard InChI is InChI=1S/C18H20N2O2/c19-17(21)15(11-13-7-3-1-4-8-13)16(18(20)22)12-14-9-5-2-6-10-14/h1-10,15-16H,11-12H2,(H2,19,21)(H2,20,22). The van der Waals surface area contributed by atoms with Gasteiger partial charge in [-0.05, 0) is 24.0 Å². The van der Waals surface area contributed by atoms with Gasteiger partial charge in [-0.2, -0.15) is 0 Å². The average molecular weight is 296 g/mol. The molecule has 0 aliphatic carbocycles. The predicted molar refractivity (Wildman–Crippen MR) is 85.7 cm³/mol. The van der Waals surface area contributed by atoms with Crippen LogP contribution in [0.2, 0.25) is 0 Å². The zero-order valence-corrected chi connectivity index (χ0v) is 12.3. The normalized spacial score (nSPS) is 13.3. The lowest BCUT2D eigenvalue weighted by Gasteiger charge is -2.22. The van der Waals surface area contributed by atoms with Crippen LogP contribution in [0.3, 0.4) is 0 Å². The summed E-state index contributed by atoms with van der Waals surface area (Å²) in [4.78, 5) is 23.7. The number of nitrogens with two attached hydrogens (primary N) is 2. The van der Waals surface area contributed by atoms with E-state index in [4.69, 9.17) is 11.5 Å². The number of benzene rings is 2. The van der Waals surface area contributed by atoms with Gasteiger partial charge in [-0.15, -0.1) is 0 Å². The number of carbonyl (C=O) groups is 2. The Morgan fingerprint density at radius 1 is 0.682 bits per heavy atom. The Morgan fingerprint density at radius 3 is 1.27 bits per heavy atom. The minimum atomic E-state index is -0.611. The van der Waals surface area contributed by atoms with Gasteiger partial charge in [0.15, 0.2) is 0 Å². The van der Waals surface area contributed by atoms with Gasteiger partial charge in [0, 0.05) is 0 Å². The number of hydrogen-bond donors (Lipinski definition) is 2. The van der Waals surface area contributed by atoms with Crippen LogP contribution in [0.25, 0.3) is 0 Å². The van der Waals surface area contributed by atoms with Crippen molar-refractivity contribution in [3.05, 3.63) is 71.8 Å². The zero-order valence-electron chi connectivity index (χ0n) is 12.3. The van der Waals surface area contributed by atoms with Crippen molar-refractivity contribution in [3.8, 4) is 0 Å². The van der Waals surface area contributed by atoms with Crippen LogP contribution >= 0.6 is 0 Å². The summed E-state index contributed by atoms with van der Waals surface area (Å²) >= 11 is 0. The highest BCUT2D eigenvalue weighted by atomic mass is 16.2. The first-order chi connectivity index (χ1) is 10.6. The number of primary amides is 2. The molecule has 0 saturated heterocycles. The third-order valence-corrected chi connectivity index (χ3v) is 3.81. The lowest BCUT2D eigenvalue weighted by atomic mass is 9.82. The molecule has 0 radical (unpaired) electrons. The van der Waals surface area contributed by atoms with Crippen molar-refractivity contribution >= 4 is 11.8 Å². The highest BCUT2D eigenvalue weighted by molar-refractivity contribution is 5.86. The fourth-order valence-electron chi connectivity index (χ4n) is 2.62. The van der Waals surface area contributed by atoms with E-state index in [0.717, 1.165) is 11.1 Å². The molecule has 0 aromatic heterocycles. The Labute approximate surface area is 130 Å². The summed E-state index contributed by atoms with van der Waals surface area (Å²) in [6.45, 7) is 0. The number of amides is 2. The monoisotopic (exact) mass is 296 g/mol. The Kier molecular flexibility index (Phi) is 5.31. The van der Waals surface area contributed by atoms with E-state index in [9.17, 15) is 9.59 Å². The number of hydrogen-bond acceptors (Lipinski definition) is 2. The van der Waals surface area contributed by atoms with Crippen molar-refractivity contribution in [2.75, 3.05) is 0 Å². The van der Waals surface area contributed by atoms with Crippen LogP contribution < -0.4 is 11.5 Å². The molecule has 0 heterocycles. The van der Waals surface area contributed by atoms with Gasteiger partial charge in [0.25, 0.3) is 0 Å². The molecule has 0 aliphatic heterocycles. The van der Waals surface area contributed by atoms with Crippen LogP contribution in [0.15, 0.2) is 60.7 Å². The van der Waals surface area contributed by atoms with Gasteiger partial charge in [0.2, 0.25) is 11.8 Å². The van der Waals surface area contributed by atoms with Crippen molar-refractivity contribution in [1.29, 1.82) is 0 Å². The summed E-state index contributed by atoms with van der Waals surface area (Å²) in [6.07, 6.45) is 0.827. The average Bonchev–Trinajstić information content (AvgIpc) is 2.52. The van der Waals surface area contributed by atoms with Crippen LogP contribution in [-0.2, 0) is 22.4 Å². The van der Waals surface area contributed by atoms with Crippen LogP contribution in [-0.4, -0.2) is 11.8 Å². The fraction of sp³-hybridized carbons (Fsp3) is 0.222. The predicted octanol–water partition coefficient (Wildman–Crippen LogP) is 1.67. The third kappa shape index (κ3) is 4.19. The second-order valence-electron chi connectivity index (χ2n) is 5.40. The van der Waals surface area contributed by atoms with E-state index in [-0.39, 0.29) is 0 Å². The van der Waals surface area contributed by atoms with Crippen molar-refractivity contribution in [1.82, 2.24) is 0 Å². The lowest BCUT2D eigenvalue weighted by Crippen LogP contribution is -2.40. The first-order valence-electron chi connectivity index (χ1n) is 7.24. The molecular formula is C18H20N2O2. The van der Waals surface area contributed by atoms with E-state index in [0.29, 0.717) is 12.8 Å². The zero-order chi connectivity index (χ0) is 15.9. The molecule has 114 valence electrons. The van der Waals surface area contributed by atoms with Crippen molar-refractivity contribution in [2.24, 2.45) is 23.3 Å². The van der Waals surface area contributed by atoms with Gasteiger partial charge in [0.1, 0.15) is 0 Å². The lowest BCUT2D eigenvalue weighted by molar-refractivity contribution is -0.131. The molecule has 2 rings (SSSR count). The maximum absolute atomic E-state index is 11.9. The van der Waals surface area contributed by atoms with Crippen LogP contribution in [0.4, 0.5) is 0 Å². The first kappa shape index (κ1) is 15.8. The minimum Gasteiger partial charge on any atom is -0.369 e. The summed E-state index contributed by atoms with van der Waals surface area (Å²) in [5.41, 5.74) is 13.0. The van der Waals surface area contributed by atoms with Crippen LogP contribution in [0.5, 0.6) is 0 Å². The molecule has 2 aromatic carbocycles. The Hall–Kier alpha value is -2.62. The van der Waals surface area contributed by atoms with E-state index < -0.39 is 23.7 Å². The molecule has 4 heteroatoms. The maximum Gasteiger partial charge on any atom is 0.221 e. The number of carbonyl (C=O) groups excluding carboxylic acids is 2. The smallest absolute Gasteiger partial charge is 0.221 e. The molecule has 2 atom stereocenters. The van der Waals surface area contributed by atoms with Gasteiger partial charge in [-0.3, -0.25) is 9.59 Å². The highest BCUT2D eigenvalue weighted by Crippen LogP contribution is 2.22. The Morgan fingerprint density at radius 2 is 1.00 bits per heavy atom. The molecule has 0 bridgehead atoms. The van der Waals surface area contributed by atoms with Gasteiger partial charge in [-0.25, -0.2) is 0 Å². The van der Waals surface area contributed by atoms with Gasteiger partial charge in [-0.1, -0.05) is 60.7 Å². The summed E-state index contributed by atoms with van der Waals surface area (Å²) in [5, 5.41) is 0. The molecule has 2 unspecified atom stereocenters. The summed E-state index contributed by atoms with van der Waals surface area (Å²) in [5.74, 6) is -2.22. The molecule has 0 saturated carbocycles. The maximum atomic E-state index is 11.9. The Balaban J connectivity index is 2.22. The first-order valence-corrected chi connectivity index (χ1v) is 7.24. The largest absolute Gasteiger partial charge is 0.369 e. The second-order valence-corrected chi connectivity index (χ2v) is 5.40. The Bertz CT molecular complexity index is 569. The van der Waals surface area contributed by atoms with Gasteiger partial charge >= 0.3 is 0 Å². The molecular weight excluding hydrogens is 276 g/mol. The molecule has 0 aliphatic rings. The molecule has 2 amide bonds. The van der Waals surface area contributed by atoms with E-state index >= 15 is 0 Å². The summed E-state index contributed by atoms with van der Waals surface area (Å²) in [7, 11) is 0. The van der Waals surface area contributed by atoms with Crippen molar-refractivity contribution in [3.63, 3.8) is 0 Å². The van der Waals surface area contributed by atoms with Crippen LogP contribution in [0.1, 0.15) is 11.1 Å². The topological polar surface area (TPSA) is 86.2 Å². The summed E-state index contributed by atoms with van der Waals surface area (Å²) < 4.78 is 0. The molecule has 0 spiro atoms. The molecule has 22 heavy (non-hydrogen) atoms. The van der Waals surface area contributed by atoms with E-state index in [1.54, 1.807) is 0 Å². The van der Waals surface area contributed by atoms with E-state index in [1.807, 2.05) is 60.7 Å². The van der Waals surface area contributed by atoms with Gasteiger partial charge in [0.05, 0.1) is 11.8 Å². The van der Waals surface area contributed by atoms with Crippen molar-refractivity contribution < 1.29 is 9.59 Å².